The van der Waals surface area contributed by atoms with Gasteiger partial charge in [0.2, 0.25) is 5.91 Å². The lowest BCUT2D eigenvalue weighted by Gasteiger charge is -2.32. The number of anilines is 1. The van der Waals surface area contributed by atoms with Crippen molar-refractivity contribution in [2.45, 2.75) is 38.1 Å². The van der Waals surface area contributed by atoms with E-state index in [-0.39, 0.29) is 11.9 Å². The Balaban J connectivity index is 1.72. The lowest BCUT2D eigenvalue weighted by Crippen LogP contribution is -2.43. The molecule has 1 aromatic rings. The number of carbonyl (C=O) groups is 1. The van der Waals surface area contributed by atoms with Crippen molar-refractivity contribution in [2.24, 2.45) is 0 Å². The average molecular weight is 294 g/mol. The van der Waals surface area contributed by atoms with Crippen molar-refractivity contribution in [1.82, 2.24) is 9.88 Å². The number of hydrogen-bond acceptors (Lipinski definition) is 3. The molecular weight excluding hydrogens is 274 g/mol. The van der Waals surface area contributed by atoms with Crippen LogP contribution in [0.3, 0.4) is 0 Å². The minimum absolute atomic E-state index is 0.205. The zero-order valence-electron chi connectivity index (χ0n) is 11.6. The van der Waals surface area contributed by atoms with Crippen LogP contribution in [-0.4, -0.2) is 41.5 Å². The predicted molar refractivity (Wildman–Crippen MR) is 80.0 cm³/mol. The second-order valence-corrected chi connectivity index (χ2v) is 6.04. The smallest absolute Gasteiger partial charge is 0.227 e. The highest BCUT2D eigenvalue weighted by Crippen LogP contribution is 2.27. The third-order valence-corrected chi connectivity index (χ3v) is 4.46. The van der Waals surface area contributed by atoms with E-state index >= 15 is 0 Å². The fourth-order valence-electron chi connectivity index (χ4n) is 3.22. The Hall–Kier alpha value is -1.13. The summed E-state index contributed by atoms with van der Waals surface area (Å²) in [7, 11) is 0. The van der Waals surface area contributed by atoms with Crippen LogP contribution in [0.5, 0.6) is 0 Å². The molecule has 1 aromatic heterocycles. The van der Waals surface area contributed by atoms with E-state index in [0.717, 1.165) is 31.7 Å². The van der Waals surface area contributed by atoms with Crippen LogP contribution in [-0.2, 0) is 4.79 Å². The molecule has 1 atom stereocenters. The summed E-state index contributed by atoms with van der Waals surface area (Å²) >= 11 is 5.82. The van der Waals surface area contributed by atoms with Gasteiger partial charge in [-0.3, -0.25) is 4.79 Å². The Morgan fingerprint density at radius 2 is 2.05 bits per heavy atom. The largest absolute Gasteiger partial charge is 0.307 e. The molecular formula is C15H20ClN3O. The molecule has 5 heteroatoms. The molecule has 2 aliphatic heterocycles. The molecule has 2 fully saturated rings. The highest BCUT2D eigenvalue weighted by Gasteiger charge is 2.33. The molecule has 0 radical (unpaired) electrons. The summed E-state index contributed by atoms with van der Waals surface area (Å²) in [6.07, 6.45) is 7.19. The van der Waals surface area contributed by atoms with Gasteiger partial charge in [0.25, 0.3) is 0 Å². The number of nitrogens with zero attached hydrogens (tertiary/aromatic N) is 3. The van der Waals surface area contributed by atoms with Gasteiger partial charge in [-0.2, -0.15) is 0 Å². The quantitative estimate of drug-likeness (QED) is 0.804. The SMILES string of the molecule is O=C1CCC(CN2CCCCC2)N1c1ccc(Cl)nc1. The van der Waals surface area contributed by atoms with Crippen LogP contribution in [0.15, 0.2) is 18.3 Å². The van der Waals surface area contributed by atoms with Crippen molar-refractivity contribution in [2.75, 3.05) is 24.5 Å². The van der Waals surface area contributed by atoms with Crippen LogP contribution in [0, 0.1) is 0 Å². The van der Waals surface area contributed by atoms with Crippen molar-refractivity contribution in [1.29, 1.82) is 0 Å². The first kappa shape index (κ1) is 13.8. The van der Waals surface area contributed by atoms with Crippen molar-refractivity contribution in [3.8, 4) is 0 Å². The molecule has 1 amide bonds. The summed E-state index contributed by atoms with van der Waals surface area (Å²) in [6.45, 7) is 3.31. The van der Waals surface area contributed by atoms with Gasteiger partial charge in [0.05, 0.1) is 17.9 Å². The molecule has 4 nitrogen and oxygen atoms in total. The predicted octanol–water partition coefficient (Wildman–Crippen LogP) is 2.72. The average Bonchev–Trinajstić information content (AvgIpc) is 2.82. The number of piperidine rings is 1. The summed E-state index contributed by atoms with van der Waals surface area (Å²) in [6, 6.07) is 3.92. The molecule has 0 saturated carbocycles. The Bertz CT molecular complexity index is 471. The number of halogens is 1. The van der Waals surface area contributed by atoms with Crippen LogP contribution in [0.1, 0.15) is 32.1 Å². The fourth-order valence-corrected chi connectivity index (χ4v) is 3.33. The Morgan fingerprint density at radius 1 is 1.25 bits per heavy atom. The summed E-state index contributed by atoms with van der Waals surface area (Å²) < 4.78 is 0. The van der Waals surface area contributed by atoms with Crippen molar-refractivity contribution in [3.63, 3.8) is 0 Å². The lowest BCUT2D eigenvalue weighted by atomic mass is 10.1. The highest BCUT2D eigenvalue weighted by molar-refractivity contribution is 6.29. The number of rotatable bonds is 3. The van der Waals surface area contributed by atoms with E-state index in [2.05, 4.69) is 9.88 Å². The van der Waals surface area contributed by atoms with Gasteiger partial charge in [-0.15, -0.1) is 0 Å². The second-order valence-electron chi connectivity index (χ2n) is 5.66. The topological polar surface area (TPSA) is 36.4 Å². The number of aromatic nitrogens is 1. The van der Waals surface area contributed by atoms with E-state index in [1.165, 1.54) is 19.3 Å². The molecule has 108 valence electrons. The molecule has 0 N–H and O–H groups in total. The third kappa shape index (κ3) is 2.96. The summed E-state index contributed by atoms with van der Waals surface area (Å²) in [5, 5.41) is 0.466. The number of pyridine rings is 1. The molecule has 1 unspecified atom stereocenters. The summed E-state index contributed by atoms with van der Waals surface area (Å²) in [5.74, 6) is 0.205. The van der Waals surface area contributed by atoms with Crippen molar-refractivity contribution >= 4 is 23.2 Å². The maximum Gasteiger partial charge on any atom is 0.227 e. The standard InChI is InChI=1S/C15H20ClN3O/c16-14-6-4-12(10-17-14)19-13(5-7-15(19)20)11-18-8-2-1-3-9-18/h4,6,10,13H,1-3,5,7-9,11H2. The monoisotopic (exact) mass is 293 g/mol. The zero-order chi connectivity index (χ0) is 13.9. The first-order valence-electron chi connectivity index (χ1n) is 7.40. The number of carbonyl (C=O) groups excluding carboxylic acids is 1. The van der Waals surface area contributed by atoms with Crippen LogP contribution in [0.25, 0.3) is 0 Å². The van der Waals surface area contributed by atoms with E-state index in [1.807, 2.05) is 11.0 Å². The summed E-state index contributed by atoms with van der Waals surface area (Å²) in [5.41, 5.74) is 0.874. The van der Waals surface area contributed by atoms with Gasteiger partial charge >= 0.3 is 0 Å². The minimum Gasteiger partial charge on any atom is -0.307 e. The second kappa shape index (κ2) is 6.10. The van der Waals surface area contributed by atoms with Gasteiger partial charge in [0.1, 0.15) is 5.15 Å². The molecule has 0 aliphatic carbocycles. The molecule has 0 spiro atoms. The van der Waals surface area contributed by atoms with E-state index < -0.39 is 0 Å². The summed E-state index contributed by atoms with van der Waals surface area (Å²) in [4.78, 5) is 20.7. The van der Waals surface area contributed by atoms with Gasteiger partial charge in [0, 0.05) is 13.0 Å². The number of likely N-dealkylation sites (tertiary alicyclic amines) is 1. The maximum atomic E-state index is 12.2. The fraction of sp³-hybridized carbons (Fsp3) is 0.600. The maximum absolute atomic E-state index is 12.2. The van der Waals surface area contributed by atoms with Crippen LogP contribution in [0.2, 0.25) is 5.15 Å². The van der Waals surface area contributed by atoms with E-state index in [9.17, 15) is 4.79 Å². The van der Waals surface area contributed by atoms with Gasteiger partial charge < -0.3 is 9.80 Å². The van der Waals surface area contributed by atoms with Crippen molar-refractivity contribution in [3.05, 3.63) is 23.5 Å². The highest BCUT2D eigenvalue weighted by atomic mass is 35.5. The zero-order valence-corrected chi connectivity index (χ0v) is 12.4. The van der Waals surface area contributed by atoms with Crippen LogP contribution >= 0.6 is 11.6 Å². The molecule has 2 aliphatic rings. The Labute approximate surface area is 124 Å². The van der Waals surface area contributed by atoms with E-state index in [0.29, 0.717) is 11.6 Å². The first-order valence-corrected chi connectivity index (χ1v) is 7.78. The number of hydrogen-bond donors (Lipinski definition) is 0. The molecule has 0 aromatic carbocycles. The van der Waals surface area contributed by atoms with Crippen LogP contribution < -0.4 is 4.90 Å². The lowest BCUT2D eigenvalue weighted by molar-refractivity contribution is -0.117. The normalized spacial score (nSPS) is 24.4. The Morgan fingerprint density at radius 3 is 2.75 bits per heavy atom. The minimum atomic E-state index is 0.205. The molecule has 3 rings (SSSR count). The van der Waals surface area contributed by atoms with E-state index in [4.69, 9.17) is 11.6 Å². The van der Waals surface area contributed by atoms with Crippen molar-refractivity contribution < 1.29 is 4.79 Å². The number of amides is 1. The van der Waals surface area contributed by atoms with E-state index in [1.54, 1.807) is 12.3 Å². The molecule has 20 heavy (non-hydrogen) atoms. The molecule has 0 bridgehead atoms. The van der Waals surface area contributed by atoms with Gasteiger partial charge in [0.15, 0.2) is 0 Å². The van der Waals surface area contributed by atoms with Gasteiger partial charge in [-0.05, 0) is 44.5 Å². The Kier molecular flexibility index (Phi) is 4.22. The third-order valence-electron chi connectivity index (χ3n) is 4.23. The van der Waals surface area contributed by atoms with Crippen LogP contribution in [0.4, 0.5) is 5.69 Å². The molecule has 3 heterocycles. The molecule has 2 saturated heterocycles. The first-order chi connectivity index (χ1) is 9.74. The van der Waals surface area contributed by atoms with Gasteiger partial charge in [-0.25, -0.2) is 4.98 Å². The van der Waals surface area contributed by atoms with Gasteiger partial charge in [-0.1, -0.05) is 18.0 Å².